The summed E-state index contributed by atoms with van der Waals surface area (Å²) in [5.41, 5.74) is 0.556. The zero-order chi connectivity index (χ0) is 9.64. The summed E-state index contributed by atoms with van der Waals surface area (Å²) in [4.78, 5) is 13.8. The van der Waals surface area contributed by atoms with Gasteiger partial charge in [-0.25, -0.2) is 0 Å². The summed E-state index contributed by atoms with van der Waals surface area (Å²) >= 11 is 0. The molecule has 74 valence electrons. The van der Waals surface area contributed by atoms with Crippen LogP contribution in [0.15, 0.2) is 0 Å². The molecule has 0 aromatic rings. The number of likely N-dealkylation sites (tertiary alicyclic amines) is 1. The Morgan fingerprint density at radius 1 is 1.46 bits per heavy atom. The third-order valence-electron chi connectivity index (χ3n) is 3.63. The topological polar surface area (TPSA) is 20.3 Å². The van der Waals surface area contributed by atoms with Gasteiger partial charge in [-0.05, 0) is 45.4 Å². The molecule has 2 rings (SSSR count). The fourth-order valence-electron chi connectivity index (χ4n) is 2.55. The van der Waals surface area contributed by atoms with E-state index in [1.807, 2.05) is 0 Å². The van der Waals surface area contributed by atoms with Gasteiger partial charge < -0.3 is 0 Å². The van der Waals surface area contributed by atoms with Crippen molar-refractivity contribution in [2.24, 2.45) is 5.41 Å². The molecule has 0 aromatic carbocycles. The largest absolute Gasteiger partial charge is 0.298 e. The van der Waals surface area contributed by atoms with Gasteiger partial charge in [0, 0.05) is 12.6 Å². The van der Waals surface area contributed by atoms with E-state index in [9.17, 15) is 4.79 Å². The molecule has 1 heterocycles. The van der Waals surface area contributed by atoms with E-state index >= 15 is 0 Å². The van der Waals surface area contributed by atoms with Crippen LogP contribution in [0.5, 0.6) is 0 Å². The fraction of sp³-hybridized carbons (Fsp3) is 0.909. The lowest BCUT2D eigenvalue weighted by molar-refractivity contribution is -0.121. The number of hydrogen-bond donors (Lipinski definition) is 0. The predicted molar refractivity (Wildman–Crippen MR) is 52.6 cm³/mol. The molecular weight excluding hydrogens is 162 g/mol. The Morgan fingerprint density at radius 2 is 2.08 bits per heavy atom. The van der Waals surface area contributed by atoms with Crippen LogP contribution in [-0.4, -0.2) is 29.3 Å². The number of ketones is 1. The summed E-state index contributed by atoms with van der Waals surface area (Å²) in [5, 5.41) is 0. The maximum absolute atomic E-state index is 11.4. The van der Waals surface area contributed by atoms with E-state index in [0.717, 1.165) is 13.0 Å². The summed E-state index contributed by atoms with van der Waals surface area (Å²) in [6.07, 6.45) is 3.82. The summed E-state index contributed by atoms with van der Waals surface area (Å²) in [5.74, 6) is 0.359. The van der Waals surface area contributed by atoms with Gasteiger partial charge in [-0.3, -0.25) is 9.69 Å². The molecule has 1 atom stereocenters. The van der Waals surface area contributed by atoms with E-state index in [4.69, 9.17) is 0 Å². The van der Waals surface area contributed by atoms with Crippen molar-refractivity contribution in [2.75, 3.05) is 6.54 Å². The molecule has 2 fully saturated rings. The Bertz CT molecular complexity index is 230. The molecule has 2 nitrogen and oxygen atoms in total. The van der Waals surface area contributed by atoms with Gasteiger partial charge in [-0.2, -0.15) is 0 Å². The van der Waals surface area contributed by atoms with Crippen LogP contribution in [0, 0.1) is 5.41 Å². The number of nitrogens with zero attached hydrogens (tertiary/aromatic N) is 1. The van der Waals surface area contributed by atoms with E-state index < -0.39 is 0 Å². The molecule has 1 saturated carbocycles. The number of rotatable bonds is 2. The number of carbonyl (C=O) groups is 1. The lowest BCUT2D eigenvalue weighted by Gasteiger charge is -2.26. The minimum atomic E-state index is 0.225. The Hall–Kier alpha value is -0.370. The second kappa shape index (κ2) is 2.81. The van der Waals surface area contributed by atoms with E-state index in [1.165, 1.54) is 12.8 Å². The Labute approximate surface area is 80.3 Å². The van der Waals surface area contributed by atoms with Crippen molar-refractivity contribution in [3.8, 4) is 0 Å². The zero-order valence-corrected chi connectivity index (χ0v) is 8.84. The summed E-state index contributed by atoms with van der Waals surface area (Å²) in [6, 6.07) is 0.747. The third-order valence-corrected chi connectivity index (χ3v) is 3.63. The van der Waals surface area contributed by atoms with Gasteiger partial charge in [0.1, 0.15) is 5.78 Å². The second-order valence-electron chi connectivity index (χ2n) is 5.10. The van der Waals surface area contributed by atoms with Crippen LogP contribution in [-0.2, 0) is 4.79 Å². The van der Waals surface area contributed by atoms with Gasteiger partial charge in [0.15, 0.2) is 0 Å². The molecule has 2 aliphatic rings. The normalized spacial score (nSPS) is 31.5. The first kappa shape index (κ1) is 9.20. The molecule has 13 heavy (non-hydrogen) atoms. The van der Waals surface area contributed by atoms with Crippen molar-refractivity contribution in [3.05, 3.63) is 0 Å². The van der Waals surface area contributed by atoms with Crippen LogP contribution < -0.4 is 0 Å². The van der Waals surface area contributed by atoms with E-state index in [0.29, 0.717) is 17.2 Å². The standard InChI is InChI=1S/C11H19NO/c1-8(2)12-7-11(4-5-11)6-10(12)9(3)13/h8,10H,4-7H2,1-3H3/t10-/m0/s1. The highest BCUT2D eigenvalue weighted by molar-refractivity contribution is 5.82. The molecular formula is C11H19NO. The molecule has 1 aliphatic heterocycles. The van der Waals surface area contributed by atoms with Crippen molar-refractivity contribution in [1.82, 2.24) is 4.90 Å². The van der Waals surface area contributed by atoms with E-state index in [2.05, 4.69) is 18.7 Å². The van der Waals surface area contributed by atoms with Gasteiger partial charge in [0.2, 0.25) is 0 Å². The Balaban J connectivity index is 2.11. The van der Waals surface area contributed by atoms with Gasteiger partial charge in [0.25, 0.3) is 0 Å². The van der Waals surface area contributed by atoms with Gasteiger partial charge in [-0.1, -0.05) is 0 Å². The van der Waals surface area contributed by atoms with Crippen molar-refractivity contribution in [2.45, 2.75) is 52.1 Å². The van der Waals surface area contributed by atoms with E-state index in [-0.39, 0.29) is 6.04 Å². The monoisotopic (exact) mass is 181 g/mol. The highest BCUT2D eigenvalue weighted by atomic mass is 16.1. The molecule has 1 saturated heterocycles. The third kappa shape index (κ3) is 1.52. The lowest BCUT2D eigenvalue weighted by Crippen LogP contribution is -2.39. The van der Waals surface area contributed by atoms with Gasteiger partial charge in [-0.15, -0.1) is 0 Å². The Morgan fingerprint density at radius 3 is 2.38 bits per heavy atom. The molecule has 0 unspecified atom stereocenters. The molecule has 0 N–H and O–H groups in total. The van der Waals surface area contributed by atoms with Crippen LogP contribution in [0.1, 0.15) is 40.0 Å². The van der Waals surface area contributed by atoms with Crippen molar-refractivity contribution >= 4 is 5.78 Å². The van der Waals surface area contributed by atoms with Crippen LogP contribution >= 0.6 is 0 Å². The summed E-state index contributed by atoms with van der Waals surface area (Å²) < 4.78 is 0. The van der Waals surface area contributed by atoms with Gasteiger partial charge >= 0.3 is 0 Å². The minimum Gasteiger partial charge on any atom is -0.298 e. The average Bonchev–Trinajstić information content (AvgIpc) is 2.60. The first-order chi connectivity index (χ1) is 6.04. The zero-order valence-electron chi connectivity index (χ0n) is 8.84. The molecule has 0 aromatic heterocycles. The lowest BCUT2D eigenvalue weighted by atomic mass is 10.0. The SMILES string of the molecule is CC(=O)[C@@H]1CC2(CC2)CN1C(C)C. The fourth-order valence-corrected chi connectivity index (χ4v) is 2.55. The quantitative estimate of drug-likeness (QED) is 0.648. The molecule has 0 bridgehead atoms. The van der Waals surface area contributed by atoms with Crippen molar-refractivity contribution < 1.29 is 4.79 Å². The molecule has 2 heteroatoms. The highest BCUT2D eigenvalue weighted by Crippen LogP contribution is 2.55. The minimum absolute atomic E-state index is 0.225. The molecule has 1 aliphatic carbocycles. The summed E-state index contributed by atoms with van der Waals surface area (Å²) in [6.45, 7) is 7.28. The second-order valence-corrected chi connectivity index (χ2v) is 5.10. The van der Waals surface area contributed by atoms with Crippen LogP contribution in [0.2, 0.25) is 0 Å². The number of carbonyl (C=O) groups excluding carboxylic acids is 1. The van der Waals surface area contributed by atoms with Crippen molar-refractivity contribution in [3.63, 3.8) is 0 Å². The number of Topliss-reactive ketones (excluding diaryl/α,β-unsaturated/α-hetero) is 1. The predicted octanol–water partition coefficient (Wildman–Crippen LogP) is 1.84. The van der Waals surface area contributed by atoms with Gasteiger partial charge in [0.05, 0.1) is 6.04 Å². The van der Waals surface area contributed by atoms with Crippen LogP contribution in [0.4, 0.5) is 0 Å². The highest BCUT2D eigenvalue weighted by Gasteiger charge is 2.53. The maximum Gasteiger partial charge on any atom is 0.146 e. The smallest absolute Gasteiger partial charge is 0.146 e. The van der Waals surface area contributed by atoms with Crippen LogP contribution in [0.25, 0.3) is 0 Å². The molecule has 0 radical (unpaired) electrons. The van der Waals surface area contributed by atoms with E-state index in [1.54, 1.807) is 6.92 Å². The Kier molecular flexibility index (Phi) is 1.99. The molecule has 1 spiro atoms. The van der Waals surface area contributed by atoms with Crippen molar-refractivity contribution in [1.29, 1.82) is 0 Å². The first-order valence-electron chi connectivity index (χ1n) is 5.30. The maximum atomic E-state index is 11.4. The van der Waals surface area contributed by atoms with Crippen LogP contribution in [0.3, 0.4) is 0 Å². The molecule has 0 amide bonds. The first-order valence-corrected chi connectivity index (χ1v) is 5.30. The average molecular weight is 181 g/mol. The number of hydrogen-bond acceptors (Lipinski definition) is 2. The summed E-state index contributed by atoms with van der Waals surface area (Å²) in [7, 11) is 0.